The zero-order valence-electron chi connectivity index (χ0n) is 12.2. The van der Waals surface area contributed by atoms with E-state index in [4.69, 9.17) is 0 Å². The van der Waals surface area contributed by atoms with E-state index in [1.807, 2.05) is 18.5 Å². The molecule has 2 aromatic heterocycles. The lowest BCUT2D eigenvalue weighted by molar-refractivity contribution is 0.623. The van der Waals surface area contributed by atoms with Crippen molar-refractivity contribution in [2.24, 2.45) is 7.05 Å². The van der Waals surface area contributed by atoms with Gasteiger partial charge in [-0.05, 0) is 26.2 Å². The summed E-state index contributed by atoms with van der Waals surface area (Å²) in [6.45, 7) is 5.09. The van der Waals surface area contributed by atoms with Gasteiger partial charge in [0.25, 0.3) is 0 Å². The lowest BCUT2D eigenvalue weighted by atomic mass is 10.2. The number of aryl methyl sites for hydroxylation is 3. The van der Waals surface area contributed by atoms with E-state index < -0.39 is 0 Å². The number of hydrogen-bond acceptors (Lipinski definition) is 5. The minimum atomic E-state index is 0.265. The molecule has 0 aromatic carbocycles. The summed E-state index contributed by atoms with van der Waals surface area (Å²) < 4.78 is 2.00. The molecule has 3 heterocycles. The molecule has 0 radical (unpaired) electrons. The Morgan fingerprint density at radius 1 is 1.35 bits per heavy atom. The van der Waals surface area contributed by atoms with Crippen LogP contribution in [-0.4, -0.2) is 31.3 Å². The maximum Gasteiger partial charge on any atom is 0.155 e. The molecule has 1 unspecified atom stereocenters. The molecule has 0 bridgehead atoms. The van der Waals surface area contributed by atoms with Gasteiger partial charge in [0.15, 0.2) is 5.82 Å². The third-order valence-corrected chi connectivity index (χ3v) is 3.83. The van der Waals surface area contributed by atoms with Gasteiger partial charge in [-0.25, -0.2) is 9.97 Å². The van der Waals surface area contributed by atoms with Gasteiger partial charge >= 0.3 is 0 Å². The minimum Gasteiger partial charge on any atom is -0.346 e. The SMILES string of the molecule is CCc1cc(N2CCCC2c2nncn2C)nc(C)n1. The van der Waals surface area contributed by atoms with Crippen LogP contribution in [0, 0.1) is 6.92 Å². The van der Waals surface area contributed by atoms with Crippen LogP contribution in [0.25, 0.3) is 0 Å². The van der Waals surface area contributed by atoms with Crippen LogP contribution in [-0.2, 0) is 13.5 Å². The van der Waals surface area contributed by atoms with Gasteiger partial charge in [0.1, 0.15) is 18.0 Å². The Kier molecular flexibility index (Phi) is 3.38. The Labute approximate surface area is 118 Å². The largest absolute Gasteiger partial charge is 0.346 e. The second kappa shape index (κ2) is 5.19. The Balaban J connectivity index is 1.96. The molecule has 0 aliphatic carbocycles. The number of hydrogen-bond donors (Lipinski definition) is 0. The fourth-order valence-electron chi connectivity index (χ4n) is 2.84. The predicted octanol–water partition coefficient (Wildman–Crippen LogP) is 1.82. The number of anilines is 1. The van der Waals surface area contributed by atoms with Crippen molar-refractivity contribution in [3.8, 4) is 0 Å². The van der Waals surface area contributed by atoms with Gasteiger partial charge in [-0.2, -0.15) is 0 Å². The van der Waals surface area contributed by atoms with Crippen LogP contribution in [0.5, 0.6) is 0 Å². The van der Waals surface area contributed by atoms with Crippen molar-refractivity contribution in [1.29, 1.82) is 0 Å². The molecular weight excluding hydrogens is 252 g/mol. The van der Waals surface area contributed by atoms with Crippen LogP contribution in [0.1, 0.15) is 43.1 Å². The smallest absolute Gasteiger partial charge is 0.155 e. The summed E-state index contributed by atoms with van der Waals surface area (Å²) in [4.78, 5) is 11.4. The third-order valence-electron chi connectivity index (χ3n) is 3.83. The van der Waals surface area contributed by atoms with E-state index in [-0.39, 0.29) is 6.04 Å². The van der Waals surface area contributed by atoms with E-state index in [0.29, 0.717) is 0 Å². The van der Waals surface area contributed by atoms with Gasteiger partial charge in [-0.15, -0.1) is 10.2 Å². The molecule has 20 heavy (non-hydrogen) atoms. The number of nitrogens with zero attached hydrogens (tertiary/aromatic N) is 6. The maximum atomic E-state index is 4.61. The third kappa shape index (κ3) is 2.26. The monoisotopic (exact) mass is 272 g/mol. The molecule has 6 heteroatoms. The van der Waals surface area contributed by atoms with Crippen molar-refractivity contribution in [3.05, 3.63) is 29.7 Å². The van der Waals surface area contributed by atoms with Crippen LogP contribution >= 0.6 is 0 Å². The molecule has 1 fully saturated rings. The van der Waals surface area contributed by atoms with E-state index >= 15 is 0 Å². The fraction of sp³-hybridized carbons (Fsp3) is 0.571. The molecule has 6 nitrogen and oxygen atoms in total. The van der Waals surface area contributed by atoms with Gasteiger partial charge in [-0.3, -0.25) is 0 Å². The van der Waals surface area contributed by atoms with E-state index in [2.05, 4.69) is 38.1 Å². The highest BCUT2D eigenvalue weighted by Crippen LogP contribution is 2.34. The molecule has 0 spiro atoms. The summed E-state index contributed by atoms with van der Waals surface area (Å²) in [5.74, 6) is 2.86. The first kappa shape index (κ1) is 13.0. The number of rotatable bonds is 3. The first-order valence-corrected chi connectivity index (χ1v) is 7.14. The molecule has 1 saturated heterocycles. The first-order valence-electron chi connectivity index (χ1n) is 7.14. The van der Waals surface area contributed by atoms with Crippen molar-refractivity contribution in [1.82, 2.24) is 24.7 Å². The van der Waals surface area contributed by atoms with Crippen molar-refractivity contribution < 1.29 is 0 Å². The molecule has 106 valence electrons. The van der Waals surface area contributed by atoms with Gasteiger partial charge in [0, 0.05) is 25.4 Å². The van der Waals surface area contributed by atoms with Gasteiger partial charge in [0.2, 0.25) is 0 Å². The predicted molar refractivity (Wildman–Crippen MR) is 76.5 cm³/mol. The van der Waals surface area contributed by atoms with Crippen molar-refractivity contribution in [2.75, 3.05) is 11.4 Å². The molecule has 0 N–H and O–H groups in total. The van der Waals surface area contributed by atoms with Gasteiger partial charge < -0.3 is 9.47 Å². The molecule has 3 rings (SSSR count). The van der Waals surface area contributed by atoms with Gasteiger partial charge in [-0.1, -0.05) is 6.92 Å². The van der Waals surface area contributed by atoms with E-state index in [9.17, 15) is 0 Å². The molecule has 0 amide bonds. The van der Waals surface area contributed by atoms with E-state index in [1.165, 1.54) is 0 Å². The fourth-order valence-corrected chi connectivity index (χ4v) is 2.84. The highest BCUT2D eigenvalue weighted by atomic mass is 15.3. The van der Waals surface area contributed by atoms with Crippen LogP contribution in [0.2, 0.25) is 0 Å². The minimum absolute atomic E-state index is 0.265. The summed E-state index contributed by atoms with van der Waals surface area (Å²) in [7, 11) is 1.99. The standard InChI is InChI=1S/C14H20N6/c1-4-11-8-13(17-10(2)16-11)20-7-5-6-12(20)14-18-15-9-19(14)3/h8-9,12H,4-7H2,1-3H3. The topological polar surface area (TPSA) is 59.7 Å². The summed E-state index contributed by atoms with van der Waals surface area (Å²) in [5, 5.41) is 8.27. The van der Waals surface area contributed by atoms with Gasteiger partial charge in [0.05, 0.1) is 6.04 Å². The first-order chi connectivity index (χ1) is 9.69. The Bertz CT molecular complexity index is 605. The molecule has 1 aliphatic heterocycles. The maximum absolute atomic E-state index is 4.61. The molecule has 1 atom stereocenters. The second-order valence-electron chi connectivity index (χ2n) is 5.27. The molecule has 0 saturated carbocycles. The molecule has 2 aromatic rings. The van der Waals surface area contributed by atoms with Crippen molar-refractivity contribution in [2.45, 2.75) is 39.2 Å². The zero-order valence-corrected chi connectivity index (χ0v) is 12.2. The van der Waals surface area contributed by atoms with Crippen LogP contribution in [0.15, 0.2) is 12.4 Å². The normalized spacial score (nSPS) is 18.8. The summed E-state index contributed by atoms with van der Waals surface area (Å²) in [6, 6.07) is 2.36. The van der Waals surface area contributed by atoms with Crippen LogP contribution < -0.4 is 4.90 Å². The Hall–Kier alpha value is -1.98. The summed E-state index contributed by atoms with van der Waals surface area (Å²) in [6.07, 6.45) is 4.94. The summed E-state index contributed by atoms with van der Waals surface area (Å²) in [5.41, 5.74) is 1.09. The van der Waals surface area contributed by atoms with E-state index in [1.54, 1.807) is 6.33 Å². The second-order valence-corrected chi connectivity index (χ2v) is 5.27. The van der Waals surface area contributed by atoms with Crippen LogP contribution in [0.4, 0.5) is 5.82 Å². The zero-order chi connectivity index (χ0) is 14.1. The van der Waals surface area contributed by atoms with E-state index in [0.717, 1.165) is 49.0 Å². The lowest BCUT2D eigenvalue weighted by Gasteiger charge is -2.25. The highest BCUT2D eigenvalue weighted by molar-refractivity contribution is 5.43. The summed E-state index contributed by atoms with van der Waals surface area (Å²) >= 11 is 0. The average Bonchev–Trinajstić information content (AvgIpc) is 3.05. The Morgan fingerprint density at radius 2 is 2.20 bits per heavy atom. The average molecular weight is 272 g/mol. The Morgan fingerprint density at radius 3 is 2.90 bits per heavy atom. The molecule has 1 aliphatic rings. The quantitative estimate of drug-likeness (QED) is 0.853. The number of aromatic nitrogens is 5. The van der Waals surface area contributed by atoms with Crippen molar-refractivity contribution >= 4 is 5.82 Å². The van der Waals surface area contributed by atoms with Crippen molar-refractivity contribution in [3.63, 3.8) is 0 Å². The van der Waals surface area contributed by atoms with Crippen LogP contribution in [0.3, 0.4) is 0 Å². The molecular formula is C14H20N6. The lowest BCUT2D eigenvalue weighted by Crippen LogP contribution is -2.26. The highest BCUT2D eigenvalue weighted by Gasteiger charge is 2.30.